The van der Waals surface area contributed by atoms with Gasteiger partial charge in [0.05, 0.1) is 40.6 Å². The highest BCUT2D eigenvalue weighted by atomic mass is 16.6. The number of hydrogen-bond acceptors (Lipinski definition) is 10. The third-order valence-corrected chi connectivity index (χ3v) is 5.11. The zero-order chi connectivity index (χ0) is 28.5. The van der Waals surface area contributed by atoms with Crippen molar-refractivity contribution in [3.05, 3.63) is 6.33 Å². The number of carbonyl (C=O) groups is 3. The molecule has 0 fully saturated rings. The van der Waals surface area contributed by atoms with Crippen LogP contribution in [0.5, 0.6) is 0 Å². The first-order valence-electron chi connectivity index (χ1n) is 12.6. The summed E-state index contributed by atoms with van der Waals surface area (Å²) in [4.78, 5) is 51.6. The van der Waals surface area contributed by atoms with Crippen LogP contribution in [0.25, 0.3) is 11.2 Å². The summed E-state index contributed by atoms with van der Waals surface area (Å²) in [6.07, 6.45) is 1.78. The number of quaternary nitrogens is 1. The maximum absolute atomic E-state index is 13.2. The van der Waals surface area contributed by atoms with E-state index in [2.05, 4.69) is 46.7 Å². The summed E-state index contributed by atoms with van der Waals surface area (Å²) in [5.41, 5.74) is 6.16. The van der Waals surface area contributed by atoms with Crippen molar-refractivity contribution in [1.29, 1.82) is 0 Å². The van der Waals surface area contributed by atoms with Gasteiger partial charge in [-0.3, -0.25) is 9.59 Å². The molecule has 0 saturated carbocycles. The maximum atomic E-state index is 13.2. The number of aromatic nitrogens is 4. The Labute approximate surface area is 223 Å². The van der Waals surface area contributed by atoms with Gasteiger partial charge in [0.15, 0.2) is 17.0 Å². The van der Waals surface area contributed by atoms with Gasteiger partial charge in [-0.15, -0.1) is 0 Å². The van der Waals surface area contributed by atoms with Crippen LogP contribution in [0, 0.1) is 0 Å². The first-order chi connectivity index (χ1) is 17.7. The van der Waals surface area contributed by atoms with Crippen molar-refractivity contribution in [2.24, 2.45) is 0 Å². The Morgan fingerprint density at radius 1 is 1.16 bits per heavy atom. The number of anilines is 2. The molecule has 0 aliphatic carbocycles. The van der Waals surface area contributed by atoms with Gasteiger partial charge < -0.3 is 39.8 Å². The number of alkyl carbamates (subject to hydrolysis) is 1. The second-order valence-corrected chi connectivity index (χ2v) is 10.8. The summed E-state index contributed by atoms with van der Waals surface area (Å²) >= 11 is 0. The van der Waals surface area contributed by atoms with E-state index in [1.165, 1.54) is 11.2 Å². The Hall–Kier alpha value is -3.68. The Balaban J connectivity index is 2.12. The molecule has 38 heavy (non-hydrogen) atoms. The molecule has 0 aliphatic rings. The lowest BCUT2D eigenvalue weighted by molar-refractivity contribution is -0.870. The van der Waals surface area contributed by atoms with E-state index in [1.54, 1.807) is 32.3 Å². The monoisotopic (exact) mass is 536 g/mol. The number of fused-ring (bicyclic) bond motifs is 1. The molecule has 2 amide bonds. The second-order valence-electron chi connectivity index (χ2n) is 10.8. The minimum absolute atomic E-state index is 0.0470. The molecule has 0 radical (unpaired) electrons. The predicted octanol–water partition coefficient (Wildman–Crippen LogP) is 0.833. The maximum Gasteiger partial charge on any atom is 0.407 e. The van der Waals surface area contributed by atoms with E-state index in [0.29, 0.717) is 23.5 Å². The number of nitrogens with one attached hydrogen (secondary N) is 2. The van der Waals surface area contributed by atoms with Crippen LogP contribution >= 0.6 is 0 Å². The molecule has 2 rings (SSSR count). The van der Waals surface area contributed by atoms with Crippen LogP contribution in [0.1, 0.15) is 34.1 Å². The molecule has 2 aromatic heterocycles. The average Bonchev–Trinajstić information content (AvgIpc) is 3.16. The molecular formula is C24H42N9O5+. The number of imidazole rings is 1. The lowest BCUT2D eigenvalue weighted by Gasteiger charge is -2.23. The number of nitrogens with zero attached hydrogens (tertiary/aromatic N) is 6. The van der Waals surface area contributed by atoms with E-state index in [4.69, 9.17) is 15.2 Å². The Morgan fingerprint density at radius 3 is 2.50 bits per heavy atom. The van der Waals surface area contributed by atoms with Gasteiger partial charge in [0, 0.05) is 26.1 Å². The minimum Gasteiger partial charge on any atom is -0.465 e. The van der Waals surface area contributed by atoms with E-state index in [0.717, 1.165) is 17.4 Å². The summed E-state index contributed by atoms with van der Waals surface area (Å²) < 4.78 is 12.6. The van der Waals surface area contributed by atoms with Gasteiger partial charge in [-0.25, -0.2) is 9.78 Å². The van der Waals surface area contributed by atoms with Crippen LogP contribution in [0.3, 0.4) is 0 Å². The lowest BCUT2D eigenvalue weighted by atomic mass is 10.2. The fraction of sp³-hybridized carbons (Fsp3) is 0.667. The number of nitrogen functional groups attached to an aromatic ring is 1. The fourth-order valence-corrected chi connectivity index (χ4v) is 3.47. The number of carbonyl (C=O) groups excluding carboxylic acids is 3. The van der Waals surface area contributed by atoms with Gasteiger partial charge >= 0.3 is 12.1 Å². The highest BCUT2D eigenvalue weighted by Crippen LogP contribution is 2.20. The van der Waals surface area contributed by atoms with Crippen LogP contribution in [0.2, 0.25) is 0 Å². The van der Waals surface area contributed by atoms with Gasteiger partial charge in [0.1, 0.15) is 18.7 Å². The lowest BCUT2D eigenvalue weighted by Crippen LogP contribution is -2.44. The largest absolute Gasteiger partial charge is 0.465 e. The molecule has 0 bridgehead atoms. The topological polar surface area (TPSA) is 167 Å². The molecule has 14 nitrogen and oxygen atoms in total. The molecular weight excluding hydrogens is 494 g/mol. The summed E-state index contributed by atoms with van der Waals surface area (Å²) in [6.45, 7) is 8.49. The van der Waals surface area contributed by atoms with Crippen molar-refractivity contribution >= 4 is 40.9 Å². The highest BCUT2D eigenvalue weighted by Gasteiger charge is 2.22. The van der Waals surface area contributed by atoms with E-state index < -0.39 is 23.6 Å². The molecule has 0 atom stereocenters. The zero-order valence-electron chi connectivity index (χ0n) is 23.5. The number of ether oxygens (including phenoxy) is 2. The zero-order valence-corrected chi connectivity index (χ0v) is 23.5. The minimum atomic E-state index is -0.657. The average molecular weight is 537 g/mol. The molecule has 0 unspecified atom stereocenters. The standard InChI is InChI=1S/C24H41N9O5/c1-8-37-18(35)15-31(12-11-27-23(36)38-24(2,3)4)17(34)14-32-16-28-19-20(29-22(25)30-21(19)32)26-10-9-13-33(5,6)7/h16H,8-15H2,1-7H3,(H3-,25,26,27,29,30,36)/p+1. The third kappa shape index (κ3) is 10.4. The molecule has 2 heterocycles. The number of esters is 1. The molecule has 0 aliphatic heterocycles. The molecule has 0 spiro atoms. The molecule has 212 valence electrons. The normalized spacial score (nSPS) is 11.8. The van der Waals surface area contributed by atoms with Gasteiger partial charge in [0.2, 0.25) is 11.9 Å². The molecule has 0 aromatic carbocycles. The van der Waals surface area contributed by atoms with E-state index in [9.17, 15) is 14.4 Å². The van der Waals surface area contributed by atoms with Crippen LogP contribution in [0.4, 0.5) is 16.6 Å². The van der Waals surface area contributed by atoms with Crippen molar-refractivity contribution in [1.82, 2.24) is 29.7 Å². The van der Waals surface area contributed by atoms with Crippen molar-refractivity contribution in [2.45, 2.75) is 46.3 Å². The van der Waals surface area contributed by atoms with Crippen molar-refractivity contribution in [3.8, 4) is 0 Å². The molecule has 0 saturated heterocycles. The van der Waals surface area contributed by atoms with Crippen molar-refractivity contribution in [3.63, 3.8) is 0 Å². The van der Waals surface area contributed by atoms with Crippen LogP contribution in [-0.2, 0) is 25.6 Å². The van der Waals surface area contributed by atoms with Gasteiger partial charge in [-0.05, 0) is 27.7 Å². The Bertz CT molecular complexity index is 1110. The number of amides is 2. The van der Waals surface area contributed by atoms with E-state index >= 15 is 0 Å². The Kier molecular flexibility index (Phi) is 10.6. The SMILES string of the molecule is CCOC(=O)CN(CCNC(=O)OC(C)(C)C)C(=O)Cn1cnc2c(NCCC[N+](C)(C)C)nc(N)nc21. The van der Waals surface area contributed by atoms with Crippen LogP contribution in [0.15, 0.2) is 6.33 Å². The van der Waals surface area contributed by atoms with E-state index in [1.807, 2.05) is 0 Å². The molecule has 14 heteroatoms. The van der Waals surface area contributed by atoms with Gasteiger partial charge in [-0.1, -0.05) is 0 Å². The van der Waals surface area contributed by atoms with Crippen molar-refractivity contribution < 1.29 is 28.3 Å². The Morgan fingerprint density at radius 2 is 1.87 bits per heavy atom. The molecule has 4 N–H and O–H groups in total. The summed E-state index contributed by atoms with van der Waals surface area (Å²) in [5, 5.41) is 5.85. The molecule has 2 aromatic rings. The summed E-state index contributed by atoms with van der Waals surface area (Å²) in [6, 6.07) is 0. The van der Waals surface area contributed by atoms with Gasteiger partial charge in [-0.2, -0.15) is 9.97 Å². The first-order valence-corrected chi connectivity index (χ1v) is 12.6. The van der Waals surface area contributed by atoms with Crippen LogP contribution < -0.4 is 16.4 Å². The summed E-state index contributed by atoms with van der Waals surface area (Å²) in [5.74, 6) is -0.408. The van der Waals surface area contributed by atoms with Gasteiger partial charge in [0.25, 0.3) is 0 Å². The second kappa shape index (κ2) is 13.2. The predicted molar refractivity (Wildman–Crippen MR) is 143 cm³/mol. The third-order valence-electron chi connectivity index (χ3n) is 5.11. The van der Waals surface area contributed by atoms with Crippen LogP contribution in [-0.4, -0.2) is 113 Å². The quantitative estimate of drug-likeness (QED) is 0.190. The fourth-order valence-electron chi connectivity index (χ4n) is 3.47. The van der Waals surface area contributed by atoms with Crippen molar-refractivity contribution in [2.75, 3.05) is 71.5 Å². The number of rotatable bonds is 13. The number of nitrogens with two attached hydrogens (primary N) is 1. The first kappa shape index (κ1) is 30.5. The summed E-state index contributed by atoms with van der Waals surface area (Å²) in [7, 11) is 6.37. The highest BCUT2D eigenvalue weighted by molar-refractivity contribution is 5.87. The number of hydrogen-bond donors (Lipinski definition) is 3. The smallest absolute Gasteiger partial charge is 0.407 e. The van der Waals surface area contributed by atoms with E-state index in [-0.39, 0.29) is 38.7 Å².